The van der Waals surface area contributed by atoms with Crippen molar-refractivity contribution >= 4 is 23.1 Å². The number of nitrogens with one attached hydrogen (secondary N) is 1. The number of aromatic nitrogens is 2. The second-order valence-corrected chi connectivity index (χ2v) is 4.56. The van der Waals surface area contributed by atoms with Crippen LogP contribution in [-0.4, -0.2) is 41.1 Å². The quantitative estimate of drug-likeness (QED) is 0.603. The molecule has 120 valence electrons. The highest BCUT2D eigenvalue weighted by Crippen LogP contribution is 2.28. The molecule has 0 saturated carbocycles. The average Bonchev–Trinajstić information content (AvgIpc) is 2.76. The van der Waals surface area contributed by atoms with Gasteiger partial charge < -0.3 is 15.6 Å². The molecule has 11 nitrogen and oxygen atoms in total. The Morgan fingerprint density at radius 1 is 1.30 bits per heavy atom. The summed E-state index contributed by atoms with van der Waals surface area (Å²) in [7, 11) is 0. The molecule has 2 rings (SSSR count). The summed E-state index contributed by atoms with van der Waals surface area (Å²) < 4.78 is 0.963. The van der Waals surface area contributed by atoms with Crippen molar-refractivity contribution in [3.63, 3.8) is 0 Å². The predicted octanol–water partition coefficient (Wildman–Crippen LogP) is 1.14. The monoisotopic (exact) mass is 323 g/mol. The summed E-state index contributed by atoms with van der Waals surface area (Å²) in [6.07, 6.45) is 0. The number of carbonyl (C=O) groups excluding carboxylic acids is 1. The Morgan fingerprint density at radius 3 is 2.52 bits per heavy atom. The third-order valence-electron chi connectivity index (χ3n) is 2.95. The molecule has 0 spiro atoms. The van der Waals surface area contributed by atoms with Crippen molar-refractivity contribution in [3.05, 3.63) is 39.8 Å². The first-order valence-corrected chi connectivity index (χ1v) is 6.28. The normalized spacial score (nSPS) is 10.3. The number of carbonyl (C=O) groups is 1. The van der Waals surface area contributed by atoms with Gasteiger partial charge in [0, 0.05) is 11.8 Å². The van der Waals surface area contributed by atoms with Crippen LogP contribution >= 0.6 is 0 Å². The van der Waals surface area contributed by atoms with Crippen LogP contribution in [0.2, 0.25) is 0 Å². The maximum Gasteiger partial charge on any atom is 0.514 e. The molecule has 2 aromatic rings. The van der Waals surface area contributed by atoms with E-state index in [1.165, 1.54) is 25.1 Å². The Balaban J connectivity index is 2.23. The molecule has 0 saturated heterocycles. The molecule has 4 N–H and O–H groups in total. The number of benzene rings is 1. The second-order valence-electron chi connectivity index (χ2n) is 4.56. The molecule has 0 aliphatic carbocycles. The van der Waals surface area contributed by atoms with Gasteiger partial charge in [0.15, 0.2) is 4.92 Å². The number of nitrogens with zero attached hydrogens (tertiary/aromatic N) is 4. The molecular formula is C12H13N5O6+2. The highest BCUT2D eigenvalue weighted by Gasteiger charge is 2.42. The maximum absolute atomic E-state index is 11.9. The molecule has 23 heavy (non-hydrogen) atoms. The number of aromatic hydroxyl groups is 1. The van der Waals surface area contributed by atoms with E-state index in [1.54, 1.807) is 6.07 Å². The van der Waals surface area contributed by atoms with E-state index in [2.05, 4.69) is 10.4 Å². The van der Waals surface area contributed by atoms with Crippen LogP contribution in [-0.2, 0) is 11.3 Å². The van der Waals surface area contributed by atoms with Gasteiger partial charge in [-0.1, -0.05) is 6.07 Å². The third-order valence-corrected chi connectivity index (χ3v) is 2.95. The second kappa shape index (κ2) is 6.09. The van der Waals surface area contributed by atoms with E-state index in [9.17, 15) is 19.7 Å². The molecule has 0 fully saturated rings. The first-order chi connectivity index (χ1) is 10.8. The van der Waals surface area contributed by atoms with Gasteiger partial charge in [0.05, 0.1) is 10.0 Å². The molecule has 1 amide bonds. The minimum absolute atomic E-state index is 0.00143. The lowest BCUT2D eigenvalue weighted by molar-refractivity contribution is -0.756. The zero-order valence-electron chi connectivity index (χ0n) is 11.9. The zero-order valence-corrected chi connectivity index (χ0v) is 11.9. The van der Waals surface area contributed by atoms with Gasteiger partial charge >= 0.3 is 11.5 Å². The van der Waals surface area contributed by atoms with Gasteiger partial charge in [0.1, 0.15) is 18.0 Å². The lowest BCUT2D eigenvalue weighted by Crippen LogP contribution is -2.20. The molecule has 1 heterocycles. The number of hydrogen-bond acceptors (Lipinski definition) is 5. The van der Waals surface area contributed by atoms with E-state index >= 15 is 0 Å². The summed E-state index contributed by atoms with van der Waals surface area (Å²) in [5.74, 6) is -1.34. The molecule has 11 heteroatoms. The van der Waals surface area contributed by atoms with Gasteiger partial charge in [-0.3, -0.25) is 4.79 Å². The molecule has 0 bridgehead atoms. The Morgan fingerprint density at radius 2 is 2.00 bits per heavy atom. The molecule has 1 aromatic heterocycles. The molecular weight excluding hydrogens is 310 g/mol. The molecule has 0 atom stereocenters. The summed E-state index contributed by atoms with van der Waals surface area (Å²) in [6, 6.07) is 5.83. The fraction of sp³-hybridized carbons (Fsp3) is 0.167. The van der Waals surface area contributed by atoms with Gasteiger partial charge in [0.2, 0.25) is 5.91 Å². The van der Waals surface area contributed by atoms with Crippen molar-refractivity contribution in [1.82, 2.24) is 9.78 Å². The number of anilines is 1. The predicted molar refractivity (Wildman–Crippen MR) is 73.8 cm³/mol. The highest BCUT2D eigenvalue weighted by atomic mass is 16.6. The minimum Gasteiger partial charge on any atom is -0.508 e. The van der Waals surface area contributed by atoms with Crippen LogP contribution in [0.1, 0.15) is 5.69 Å². The first kappa shape index (κ1) is 15.9. The Hall–Kier alpha value is -3.50. The number of rotatable bonds is 5. The fourth-order valence-electron chi connectivity index (χ4n) is 1.95. The van der Waals surface area contributed by atoms with E-state index in [4.69, 9.17) is 10.4 Å². The fourth-order valence-corrected chi connectivity index (χ4v) is 1.95. The van der Waals surface area contributed by atoms with Crippen molar-refractivity contribution < 1.29 is 30.2 Å². The van der Waals surface area contributed by atoms with Crippen molar-refractivity contribution in [2.24, 2.45) is 0 Å². The number of phenolic OH excluding ortho intramolecular Hbond substituents is 1. The SMILES string of the molecule is Cc1c([N+](=O)O)c([N+](=O)O)nn1CC(=O)Nc1cccc(O)c1. The van der Waals surface area contributed by atoms with Gasteiger partial charge in [-0.05, 0) is 24.0 Å². The number of hydrogen-bond donors (Lipinski definition) is 4. The van der Waals surface area contributed by atoms with Crippen molar-refractivity contribution in [3.8, 4) is 5.75 Å². The Bertz CT molecular complexity index is 799. The van der Waals surface area contributed by atoms with Gasteiger partial charge in [0.25, 0.3) is 4.92 Å². The van der Waals surface area contributed by atoms with Gasteiger partial charge in [-0.25, -0.2) is 5.21 Å². The van der Waals surface area contributed by atoms with Gasteiger partial charge in [-0.2, -0.15) is 4.68 Å². The largest absolute Gasteiger partial charge is 0.514 e. The zero-order chi connectivity index (χ0) is 17.1. The lowest BCUT2D eigenvalue weighted by atomic mass is 10.3. The summed E-state index contributed by atoms with van der Waals surface area (Å²) in [4.78, 5) is 32.6. The highest BCUT2D eigenvalue weighted by molar-refractivity contribution is 5.90. The van der Waals surface area contributed by atoms with E-state index < -0.39 is 33.8 Å². The van der Waals surface area contributed by atoms with E-state index in [0.29, 0.717) is 5.69 Å². The van der Waals surface area contributed by atoms with Crippen LogP contribution in [0.5, 0.6) is 5.75 Å². The molecule has 0 radical (unpaired) electrons. The third kappa shape index (κ3) is 3.40. The summed E-state index contributed by atoms with van der Waals surface area (Å²) in [6.45, 7) is 0.939. The minimum atomic E-state index is -0.745. The van der Waals surface area contributed by atoms with Crippen molar-refractivity contribution in [2.45, 2.75) is 13.5 Å². The van der Waals surface area contributed by atoms with Crippen molar-refractivity contribution in [2.75, 3.05) is 5.32 Å². The Kier molecular flexibility index (Phi) is 4.21. The smallest absolute Gasteiger partial charge is 0.508 e. The summed E-state index contributed by atoms with van der Waals surface area (Å²) in [5.41, 5.74) is -0.244. The van der Waals surface area contributed by atoms with Crippen LogP contribution < -0.4 is 5.32 Å². The van der Waals surface area contributed by atoms with Crippen LogP contribution in [0.25, 0.3) is 0 Å². The van der Waals surface area contributed by atoms with Gasteiger partial charge in [-0.15, -0.1) is 0 Å². The van der Waals surface area contributed by atoms with E-state index in [-0.39, 0.29) is 11.4 Å². The van der Waals surface area contributed by atoms with E-state index in [0.717, 1.165) is 4.68 Å². The molecule has 0 unspecified atom stereocenters. The maximum atomic E-state index is 11.9. The molecule has 1 aromatic carbocycles. The van der Waals surface area contributed by atoms with Crippen LogP contribution in [0, 0.1) is 16.7 Å². The summed E-state index contributed by atoms with van der Waals surface area (Å²) in [5, 5.41) is 33.2. The lowest BCUT2D eigenvalue weighted by Gasteiger charge is -2.04. The summed E-state index contributed by atoms with van der Waals surface area (Å²) >= 11 is 0. The first-order valence-electron chi connectivity index (χ1n) is 6.28. The number of phenols is 1. The Labute approximate surface area is 128 Å². The molecule has 0 aliphatic heterocycles. The topological polar surface area (TPSA) is 148 Å². The van der Waals surface area contributed by atoms with Crippen LogP contribution in [0.15, 0.2) is 24.3 Å². The number of amides is 1. The average molecular weight is 323 g/mol. The molecule has 0 aliphatic rings. The van der Waals surface area contributed by atoms with E-state index in [1.807, 2.05) is 0 Å². The standard InChI is InChI=1S/C12H11N5O6/c1-7-11(16(20)21)12(17(22)23)14-15(7)6-10(19)13-8-3-2-4-9(18)5-8/h2-5H,6H2,1H3,(H2-2,13,18,19,20,21,22,23)/p+2. The van der Waals surface area contributed by atoms with Crippen LogP contribution in [0.3, 0.4) is 0 Å². The van der Waals surface area contributed by atoms with Crippen molar-refractivity contribution in [1.29, 1.82) is 0 Å². The van der Waals surface area contributed by atoms with Crippen LogP contribution in [0.4, 0.5) is 17.2 Å².